The van der Waals surface area contributed by atoms with E-state index in [-0.39, 0.29) is 11.3 Å². The molecule has 0 spiro atoms. The van der Waals surface area contributed by atoms with Crippen molar-refractivity contribution in [3.8, 4) is 17.2 Å². The van der Waals surface area contributed by atoms with Gasteiger partial charge in [-0.05, 0) is 60.6 Å². The van der Waals surface area contributed by atoms with Crippen LogP contribution in [-0.4, -0.2) is 6.29 Å². The summed E-state index contributed by atoms with van der Waals surface area (Å²) in [5.41, 5.74) is -0.646. The minimum atomic E-state index is -4.41. The van der Waals surface area contributed by atoms with E-state index in [1.165, 1.54) is 0 Å². The van der Waals surface area contributed by atoms with Crippen LogP contribution >= 0.6 is 0 Å². The van der Waals surface area contributed by atoms with Gasteiger partial charge < -0.3 is 14.2 Å². The molecule has 0 radical (unpaired) electrons. The number of hydrogen-bond acceptors (Lipinski definition) is 3. The third kappa shape index (κ3) is 4.52. The van der Waals surface area contributed by atoms with Crippen LogP contribution in [0.1, 0.15) is 50.2 Å². The van der Waals surface area contributed by atoms with Crippen LogP contribution in [-0.2, 0) is 6.11 Å². The molecule has 4 rings (SSSR count). The van der Waals surface area contributed by atoms with Crippen molar-refractivity contribution in [2.24, 2.45) is 5.92 Å². The van der Waals surface area contributed by atoms with Crippen LogP contribution in [0.3, 0.4) is 0 Å². The summed E-state index contributed by atoms with van der Waals surface area (Å²) in [4.78, 5) is 0. The Kier molecular flexibility index (Phi) is 5.77. The van der Waals surface area contributed by atoms with Gasteiger partial charge in [0.05, 0.1) is 0 Å². The summed E-state index contributed by atoms with van der Waals surface area (Å²) >= 11 is 0. The fourth-order valence-electron chi connectivity index (χ4n) is 4.05. The first-order chi connectivity index (χ1) is 15.1. The third-order valence-electron chi connectivity index (χ3n) is 5.54. The highest BCUT2D eigenvalue weighted by Crippen LogP contribution is 2.45. The quantitative estimate of drug-likeness (QED) is 0.422. The van der Waals surface area contributed by atoms with Crippen molar-refractivity contribution in [2.45, 2.75) is 51.4 Å². The molecule has 172 valence electrons. The summed E-state index contributed by atoms with van der Waals surface area (Å²) in [5.74, 6) is -3.96. The summed E-state index contributed by atoms with van der Waals surface area (Å²) < 4.78 is 97.5. The van der Waals surface area contributed by atoms with Gasteiger partial charge in [0.25, 0.3) is 0 Å². The van der Waals surface area contributed by atoms with Gasteiger partial charge >= 0.3 is 12.4 Å². The van der Waals surface area contributed by atoms with E-state index >= 15 is 0 Å². The third-order valence-corrected chi connectivity index (χ3v) is 5.54. The molecule has 0 saturated carbocycles. The number of hydrogen-bond donors (Lipinski definition) is 0. The van der Waals surface area contributed by atoms with Crippen LogP contribution in [0.2, 0.25) is 0 Å². The lowest BCUT2D eigenvalue weighted by Gasteiger charge is -2.23. The number of allylic oxidation sites excluding steroid dienone is 2. The standard InChI is InChI=1S/C23H20F6O3/c1-2-3-13-4-6-14(7-5-13)15-10-17(24)21(18(25)11-15)22(26,27)30-16-8-9-19-20(12-16)32-23(28,29)31-19/h6,8-13H,2-5,7H2,1H3. The van der Waals surface area contributed by atoms with Gasteiger partial charge in [0.15, 0.2) is 11.5 Å². The van der Waals surface area contributed by atoms with Gasteiger partial charge in [0, 0.05) is 6.07 Å². The molecule has 2 aromatic carbocycles. The van der Waals surface area contributed by atoms with Crippen molar-refractivity contribution in [3.63, 3.8) is 0 Å². The average molecular weight is 458 g/mol. The van der Waals surface area contributed by atoms with Gasteiger partial charge in [-0.2, -0.15) is 8.78 Å². The smallest absolute Gasteiger partial charge is 0.429 e. The Hall–Kier alpha value is -2.84. The van der Waals surface area contributed by atoms with Crippen LogP contribution in [0.15, 0.2) is 36.4 Å². The predicted octanol–water partition coefficient (Wildman–Crippen LogP) is 7.40. The molecule has 0 N–H and O–H groups in total. The average Bonchev–Trinajstić information content (AvgIpc) is 3.00. The molecule has 2 aromatic rings. The molecule has 0 bridgehead atoms. The highest BCUT2D eigenvalue weighted by Gasteiger charge is 2.45. The molecule has 32 heavy (non-hydrogen) atoms. The van der Waals surface area contributed by atoms with Gasteiger partial charge in [-0.25, -0.2) is 8.78 Å². The monoisotopic (exact) mass is 458 g/mol. The summed E-state index contributed by atoms with van der Waals surface area (Å²) in [7, 11) is 0. The maximum atomic E-state index is 14.6. The first-order valence-electron chi connectivity index (χ1n) is 10.2. The van der Waals surface area contributed by atoms with Gasteiger partial charge in [-0.3, -0.25) is 0 Å². The molecule has 9 heteroatoms. The first-order valence-corrected chi connectivity index (χ1v) is 10.2. The second-order valence-corrected chi connectivity index (χ2v) is 7.87. The number of halogens is 6. The maximum absolute atomic E-state index is 14.6. The van der Waals surface area contributed by atoms with Crippen molar-refractivity contribution in [1.82, 2.24) is 0 Å². The zero-order valence-electron chi connectivity index (χ0n) is 17.1. The Morgan fingerprint density at radius 3 is 2.38 bits per heavy atom. The van der Waals surface area contributed by atoms with Crippen molar-refractivity contribution >= 4 is 5.57 Å². The number of benzene rings is 2. The highest BCUT2D eigenvalue weighted by molar-refractivity contribution is 5.67. The van der Waals surface area contributed by atoms with E-state index in [9.17, 15) is 26.3 Å². The van der Waals surface area contributed by atoms with Crippen molar-refractivity contribution < 1.29 is 40.6 Å². The predicted molar refractivity (Wildman–Crippen MR) is 104 cm³/mol. The fraction of sp³-hybridized carbons (Fsp3) is 0.391. The fourth-order valence-corrected chi connectivity index (χ4v) is 4.05. The number of fused-ring (bicyclic) bond motifs is 1. The summed E-state index contributed by atoms with van der Waals surface area (Å²) in [6.45, 7) is 2.09. The van der Waals surface area contributed by atoms with Crippen molar-refractivity contribution in [1.29, 1.82) is 0 Å². The zero-order valence-corrected chi connectivity index (χ0v) is 17.1. The Balaban J connectivity index is 1.56. The molecule has 1 heterocycles. The highest BCUT2D eigenvalue weighted by atomic mass is 19.3. The van der Waals surface area contributed by atoms with Crippen LogP contribution in [0.25, 0.3) is 5.57 Å². The van der Waals surface area contributed by atoms with Crippen LogP contribution < -0.4 is 14.2 Å². The topological polar surface area (TPSA) is 27.7 Å². The Labute approximate surface area is 180 Å². The molecule has 0 amide bonds. The number of ether oxygens (including phenoxy) is 3. The molecule has 1 aliphatic heterocycles. The second kappa shape index (κ2) is 8.26. The normalized spacial score (nSPS) is 19.6. The minimum absolute atomic E-state index is 0.208. The molecule has 1 atom stereocenters. The lowest BCUT2D eigenvalue weighted by atomic mass is 9.84. The van der Waals surface area contributed by atoms with E-state index in [1.807, 2.05) is 6.08 Å². The van der Waals surface area contributed by atoms with Gasteiger partial charge in [-0.1, -0.05) is 25.8 Å². The lowest BCUT2D eigenvalue weighted by molar-refractivity contribution is -0.286. The van der Waals surface area contributed by atoms with Crippen LogP contribution in [0, 0.1) is 17.6 Å². The van der Waals surface area contributed by atoms with E-state index < -0.39 is 41.1 Å². The molecular weight excluding hydrogens is 438 g/mol. The lowest BCUT2D eigenvalue weighted by Crippen LogP contribution is -2.26. The molecule has 0 saturated heterocycles. The molecule has 2 aliphatic rings. The summed E-state index contributed by atoms with van der Waals surface area (Å²) in [5, 5.41) is 0. The van der Waals surface area contributed by atoms with E-state index in [4.69, 9.17) is 0 Å². The number of alkyl halides is 4. The van der Waals surface area contributed by atoms with Gasteiger partial charge in [0.1, 0.15) is 22.9 Å². The van der Waals surface area contributed by atoms with Crippen LogP contribution in [0.5, 0.6) is 17.2 Å². The van der Waals surface area contributed by atoms with Crippen LogP contribution in [0.4, 0.5) is 26.3 Å². The molecule has 0 aromatic heterocycles. The Bertz CT molecular complexity index is 1030. The molecular formula is C23H20F6O3. The van der Waals surface area contributed by atoms with E-state index in [0.717, 1.165) is 56.0 Å². The van der Waals surface area contributed by atoms with E-state index in [2.05, 4.69) is 21.1 Å². The molecule has 1 aliphatic carbocycles. The zero-order chi connectivity index (χ0) is 23.1. The number of rotatable bonds is 6. The Morgan fingerprint density at radius 1 is 1.06 bits per heavy atom. The van der Waals surface area contributed by atoms with E-state index in [1.54, 1.807) is 0 Å². The van der Waals surface area contributed by atoms with Gasteiger partial charge in [-0.15, -0.1) is 8.78 Å². The summed E-state index contributed by atoms with van der Waals surface area (Å²) in [6.07, 6.45) is -2.09. The molecule has 1 unspecified atom stereocenters. The second-order valence-electron chi connectivity index (χ2n) is 7.87. The molecule has 0 fully saturated rings. The first kappa shape index (κ1) is 22.4. The van der Waals surface area contributed by atoms with E-state index in [0.29, 0.717) is 17.9 Å². The van der Waals surface area contributed by atoms with Crippen molar-refractivity contribution in [2.75, 3.05) is 0 Å². The SMILES string of the molecule is CCCC1CC=C(c2cc(F)c(C(F)(F)Oc3ccc4c(c3)OC(F)(F)O4)c(F)c2)CC1. The minimum Gasteiger partial charge on any atom is -0.429 e. The maximum Gasteiger partial charge on any atom is 0.586 e. The summed E-state index contributed by atoms with van der Waals surface area (Å²) in [6, 6.07) is 4.29. The largest absolute Gasteiger partial charge is 0.586 e. The van der Waals surface area contributed by atoms with Crippen molar-refractivity contribution in [3.05, 3.63) is 59.2 Å². The Morgan fingerprint density at radius 2 is 1.75 bits per heavy atom. The molecule has 3 nitrogen and oxygen atoms in total. The van der Waals surface area contributed by atoms with Gasteiger partial charge in [0.2, 0.25) is 0 Å².